The Kier molecular flexibility index (Phi) is 3.86. The number of aromatic nitrogens is 4. The molecule has 0 saturated heterocycles. The van der Waals surface area contributed by atoms with Gasteiger partial charge in [-0.1, -0.05) is 40.9 Å². The first-order valence-electron chi connectivity index (χ1n) is 5.52. The van der Waals surface area contributed by atoms with E-state index in [1.807, 2.05) is 16.7 Å². The van der Waals surface area contributed by atoms with Crippen LogP contribution in [0.15, 0.2) is 29.3 Å². The molecule has 0 amide bonds. The van der Waals surface area contributed by atoms with E-state index in [0.29, 0.717) is 37.6 Å². The summed E-state index contributed by atoms with van der Waals surface area (Å²) in [5, 5.41) is 1.36. The second kappa shape index (κ2) is 5.48. The summed E-state index contributed by atoms with van der Waals surface area (Å²) < 4.78 is 2.50. The van der Waals surface area contributed by atoms with Gasteiger partial charge in [0, 0.05) is 0 Å². The van der Waals surface area contributed by atoms with Gasteiger partial charge in [0.1, 0.15) is 11.8 Å². The number of rotatable bonds is 2. The first kappa shape index (κ1) is 14.1. The zero-order valence-electron chi connectivity index (χ0n) is 9.82. The van der Waals surface area contributed by atoms with Crippen LogP contribution in [-0.4, -0.2) is 19.5 Å². The number of hydrogen-bond donors (Lipinski definition) is 0. The lowest BCUT2D eigenvalue weighted by Crippen LogP contribution is -2.01. The molecule has 3 aromatic rings. The van der Waals surface area contributed by atoms with Gasteiger partial charge >= 0.3 is 0 Å². The molecule has 0 aliphatic rings. The maximum absolute atomic E-state index is 6.02. The van der Waals surface area contributed by atoms with Gasteiger partial charge in [-0.05, 0) is 33.6 Å². The summed E-state index contributed by atoms with van der Waals surface area (Å²) in [5.74, 6) is 0. The minimum Gasteiger partial charge on any atom is -0.299 e. The Morgan fingerprint density at radius 3 is 2.65 bits per heavy atom. The summed E-state index contributed by atoms with van der Waals surface area (Å²) in [5.41, 5.74) is 2.19. The van der Waals surface area contributed by atoms with Crippen LogP contribution in [0, 0.1) is 0 Å². The van der Waals surface area contributed by atoms with Gasteiger partial charge in [-0.3, -0.25) is 4.57 Å². The number of imidazole rings is 1. The smallest absolute Gasteiger partial charge is 0.179 e. The summed E-state index contributed by atoms with van der Waals surface area (Å²) in [6.45, 7) is 0.543. The van der Waals surface area contributed by atoms with Crippen LogP contribution in [0.5, 0.6) is 0 Å². The standard InChI is InChI=1S/C12H6BrCl3N4/c13-12-19-9-10(16)17-5-18-11(9)20(12)4-6-1-2-7(14)8(15)3-6/h1-3,5H,4H2. The van der Waals surface area contributed by atoms with Crippen molar-refractivity contribution in [3.63, 3.8) is 0 Å². The number of benzene rings is 1. The molecule has 3 rings (SSSR count). The van der Waals surface area contributed by atoms with E-state index in [-0.39, 0.29) is 0 Å². The number of hydrogen-bond acceptors (Lipinski definition) is 3. The molecule has 0 aliphatic carbocycles. The topological polar surface area (TPSA) is 43.6 Å². The first-order chi connectivity index (χ1) is 9.56. The van der Waals surface area contributed by atoms with Crippen molar-refractivity contribution in [2.45, 2.75) is 6.54 Å². The summed E-state index contributed by atoms with van der Waals surface area (Å²) >= 11 is 21.3. The monoisotopic (exact) mass is 390 g/mol. The van der Waals surface area contributed by atoms with Crippen LogP contribution in [0.25, 0.3) is 11.2 Å². The fourth-order valence-electron chi connectivity index (χ4n) is 1.84. The first-order valence-corrected chi connectivity index (χ1v) is 7.45. The maximum atomic E-state index is 6.02. The molecule has 0 unspecified atom stereocenters. The molecule has 0 fully saturated rings. The molecule has 0 bridgehead atoms. The van der Waals surface area contributed by atoms with Crippen LogP contribution in [0.3, 0.4) is 0 Å². The van der Waals surface area contributed by atoms with Gasteiger partial charge < -0.3 is 0 Å². The zero-order valence-corrected chi connectivity index (χ0v) is 13.7. The number of nitrogens with zero attached hydrogens (tertiary/aromatic N) is 4. The summed E-state index contributed by atoms with van der Waals surface area (Å²) in [4.78, 5) is 12.4. The fourth-order valence-corrected chi connectivity index (χ4v) is 2.80. The molecule has 8 heteroatoms. The highest BCUT2D eigenvalue weighted by atomic mass is 79.9. The molecule has 2 heterocycles. The second-order valence-electron chi connectivity index (χ2n) is 4.05. The molecule has 1 aromatic carbocycles. The summed E-state index contributed by atoms with van der Waals surface area (Å²) in [6.07, 6.45) is 1.41. The molecule has 0 saturated carbocycles. The van der Waals surface area contributed by atoms with Crippen molar-refractivity contribution < 1.29 is 0 Å². The van der Waals surface area contributed by atoms with Crippen molar-refractivity contribution in [3.8, 4) is 0 Å². The van der Waals surface area contributed by atoms with Crippen LogP contribution >= 0.6 is 50.7 Å². The second-order valence-corrected chi connectivity index (χ2v) is 5.93. The van der Waals surface area contributed by atoms with Gasteiger partial charge in [-0.2, -0.15) is 0 Å². The predicted octanol–water partition coefficient (Wildman–Crippen LogP) is 4.60. The van der Waals surface area contributed by atoms with Gasteiger partial charge in [0.25, 0.3) is 0 Å². The van der Waals surface area contributed by atoms with Gasteiger partial charge in [-0.25, -0.2) is 15.0 Å². The van der Waals surface area contributed by atoms with Crippen LogP contribution in [0.2, 0.25) is 15.2 Å². The Morgan fingerprint density at radius 1 is 1.10 bits per heavy atom. The number of halogens is 4. The predicted molar refractivity (Wildman–Crippen MR) is 83.6 cm³/mol. The molecular weight excluding hydrogens is 386 g/mol. The van der Waals surface area contributed by atoms with Crippen LogP contribution in [-0.2, 0) is 6.54 Å². The quantitative estimate of drug-likeness (QED) is 0.473. The van der Waals surface area contributed by atoms with Gasteiger partial charge in [0.05, 0.1) is 16.6 Å². The van der Waals surface area contributed by atoms with Crippen LogP contribution in [0.4, 0.5) is 0 Å². The third kappa shape index (κ3) is 2.51. The van der Waals surface area contributed by atoms with E-state index in [4.69, 9.17) is 34.8 Å². The summed E-state index contributed by atoms with van der Waals surface area (Å²) in [7, 11) is 0. The van der Waals surface area contributed by atoms with E-state index in [0.717, 1.165) is 5.56 Å². The van der Waals surface area contributed by atoms with E-state index < -0.39 is 0 Å². The third-order valence-electron chi connectivity index (χ3n) is 2.77. The van der Waals surface area contributed by atoms with Crippen LogP contribution < -0.4 is 0 Å². The maximum Gasteiger partial charge on any atom is 0.179 e. The Hall–Kier alpha value is -0.880. The van der Waals surface area contributed by atoms with Crippen LogP contribution in [0.1, 0.15) is 5.56 Å². The van der Waals surface area contributed by atoms with E-state index >= 15 is 0 Å². The fraction of sp³-hybridized carbons (Fsp3) is 0.0833. The van der Waals surface area contributed by atoms with E-state index in [1.54, 1.807) is 6.07 Å². The Labute approximate surface area is 137 Å². The van der Waals surface area contributed by atoms with Crippen molar-refractivity contribution in [1.29, 1.82) is 0 Å². The third-order valence-corrected chi connectivity index (χ3v) is 4.39. The van der Waals surface area contributed by atoms with E-state index in [1.165, 1.54) is 6.33 Å². The summed E-state index contributed by atoms with van der Waals surface area (Å²) in [6, 6.07) is 5.47. The molecule has 20 heavy (non-hydrogen) atoms. The lowest BCUT2D eigenvalue weighted by atomic mass is 10.2. The minimum atomic E-state index is 0.323. The van der Waals surface area contributed by atoms with E-state index in [9.17, 15) is 0 Å². The molecular formula is C12H6BrCl3N4. The Morgan fingerprint density at radius 2 is 1.90 bits per heavy atom. The average molecular weight is 392 g/mol. The highest BCUT2D eigenvalue weighted by molar-refractivity contribution is 9.10. The van der Waals surface area contributed by atoms with Crippen molar-refractivity contribution >= 4 is 61.9 Å². The van der Waals surface area contributed by atoms with Crippen molar-refractivity contribution in [2.75, 3.05) is 0 Å². The largest absolute Gasteiger partial charge is 0.299 e. The molecule has 0 spiro atoms. The molecule has 0 aliphatic heterocycles. The Bertz CT molecular complexity index is 803. The Balaban J connectivity index is 2.08. The van der Waals surface area contributed by atoms with Crippen molar-refractivity contribution in [1.82, 2.24) is 19.5 Å². The SMILES string of the molecule is Clc1ccc(Cn2c(Br)nc3c(Cl)ncnc32)cc1Cl. The zero-order chi connectivity index (χ0) is 14.3. The normalized spacial score (nSPS) is 11.2. The molecule has 2 aromatic heterocycles. The highest BCUT2D eigenvalue weighted by Gasteiger charge is 2.13. The molecule has 0 radical (unpaired) electrons. The van der Waals surface area contributed by atoms with E-state index in [2.05, 4.69) is 30.9 Å². The lowest BCUT2D eigenvalue weighted by Gasteiger charge is -2.06. The minimum absolute atomic E-state index is 0.323. The molecule has 0 N–H and O–H groups in total. The molecule has 4 nitrogen and oxygen atoms in total. The lowest BCUT2D eigenvalue weighted by molar-refractivity contribution is 0.790. The van der Waals surface area contributed by atoms with Gasteiger partial charge in [-0.15, -0.1) is 0 Å². The highest BCUT2D eigenvalue weighted by Crippen LogP contribution is 2.26. The van der Waals surface area contributed by atoms with Crippen molar-refractivity contribution in [3.05, 3.63) is 50.0 Å². The van der Waals surface area contributed by atoms with Crippen molar-refractivity contribution in [2.24, 2.45) is 0 Å². The van der Waals surface area contributed by atoms with Gasteiger partial charge in [0.2, 0.25) is 0 Å². The molecule has 102 valence electrons. The molecule has 0 atom stereocenters. The van der Waals surface area contributed by atoms with Gasteiger partial charge in [0.15, 0.2) is 15.5 Å². The average Bonchev–Trinajstić information content (AvgIpc) is 2.73. The number of fused-ring (bicyclic) bond motifs is 1.